The Morgan fingerprint density at radius 3 is 3.06 bits per heavy atom. The molecule has 0 bridgehead atoms. The number of nitrogens with one attached hydrogen (secondary N) is 1. The second-order valence-corrected chi connectivity index (χ2v) is 4.08. The molecule has 3 N–H and O–H groups in total. The first-order valence-corrected chi connectivity index (χ1v) is 6.10. The molecule has 0 aliphatic rings. The van der Waals surface area contributed by atoms with Gasteiger partial charge in [0.05, 0.1) is 6.20 Å². The summed E-state index contributed by atoms with van der Waals surface area (Å²) in [4.78, 5) is 10.9. The van der Waals surface area contributed by atoms with Crippen molar-refractivity contribution in [3.8, 4) is 0 Å². The van der Waals surface area contributed by atoms with Gasteiger partial charge in [0.25, 0.3) is 0 Å². The molecule has 1 atom stereocenters. The number of rotatable bonds is 9. The summed E-state index contributed by atoms with van der Waals surface area (Å²) in [5.41, 5.74) is 5.94. The lowest BCUT2D eigenvalue weighted by Crippen LogP contribution is -2.26. The third-order valence-electron chi connectivity index (χ3n) is 2.58. The highest BCUT2D eigenvalue weighted by molar-refractivity contribution is 5.76. The Morgan fingerprint density at radius 1 is 1.56 bits per heavy atom. The number of carbonyl (C=O) groups is 1. The normalized spacial score (nSPS) is 12.3. The van der Waals surface area contributed by atoms with E-state index < -0.39 is 0 Å². The van der Waals surface area contributed by atoms with E-state index in [2.05, 4.69) is 15.6 Å². The Hall–Kier alpha value is -1.47. The van der Waals surface area contributed by atoms with Crippen LogP contribution in [0.4, 0.5) is 0 Å². The van der Waals surface area contributed by atoms with Crippen molar-refractivity contribution >= 4 is 5.91 Å². The fourth-order valence-electron chi connectivity index (χ4n) is 1.48. The molecular weight excluding hydrogens is 234 g/mol. The van der Waals surface area contributed by atoms with Gasteiger partial charge in [0.15, 0.2) is 0 Å². The zero-order valence-electron chi connectivity index (χ0n) is 10.7. The molecule has 18 heavy (non-hydrogen) atoms. The van der Waals surface area contributed by atoms with Crippen molar-refractivity contribution in [1.82, 2.24) is 20.3 Å². The Labute approximate surface area is 107 Å². The second kappa shape index (κ2) is 8.60. The highest BCUT2D eigenvalue weighted by Gasteiger charge is 2.04. The van der Waals surface area contributed by atoms with Crippen molar-refractivity contribution in [2.75, 3.05) is 20.3 Å². The van der Waals surface area contributed by atoms with E-state index in [1.807, 2.05) is 6.20 Å². The molecule has 1 heterocycles. The van der Waals surface area contributed by atoms with Gasteiger partial charge in [-0.15, -0.1) is 5.10 Å². The smallest absolute Gasteiger partial charge is 0.245 e. The zero-order valence-corrected chi connectivity index (χ0v) is 10.7. The van der Waals surface area contributed by atoms with Crippen LogP contribution in [-0.4, -0.2) is 47.2 Å². The number of aryl methyl sites for hydroxylation is 1. The minimum atomic E-state index is -0.116. The monoisotopic (exact) mass is 255 g/mol. The van der Waals surface area contributed by atoms with Crippen LogP contribution in [0.2, 0.25) is 0 Å². The highest BCUT2D eigenvalue weighted by Crippen LogP contribution is 2.01. The first kappa shape index (κ1) is 14.6. The van der Waals surface area contributed by atoms with Gasteiger partial charge in [0.1, 0.15) is 6.61 Å². The lowest BCUT2D eigenvalue weighted by Gasteiger charge is -2.11. The Kier molecular flexibility index (Phi) is 6.97. The maximum Gasteiger partial charge on any atom is 0.245 e. The molecule has 0 aliphatic heterocycles. The van der Waals surface area contributed by atoms with E-state index in [0.29, 0.717) is 6.61 Å². The highest BCUT2D eigenvalue weighted by atomic mass is 16.5. The second-order valence-electron chi connectivity index (χ2n) is 4.08. The number of nitrogens with zero attached hydrogens (tertiary/aromatic N) is 3. The molecule has 1 amide bonds. The van der Waals surface area contributed by atoms with Crippen LogP contribution in [0.1, 0.15) is 19.3 Å². The molecule has 0 fully saturated rings. The Balaban J connectivity index is 1.97. The molecule has 0 radical (unpaired) electrons. The van der Waals surface area contributed by atoms with Crippen LogP contribution in [-0.2, 0) is 16.1 Å². The summed E-state index contributed by atoms with van der Waals surface area (Å²) in [6, 6.07) is 0.0956. The molecule has 7 heteroatoms. The molecule has 102 valence electrons. The third kappa shape index (κ3) is 6.31. The van der Waals surface area contributed by atoms with E-state index in [-0.39, 0.29) is 18.6 Å². The topological polar surface area (TPSA) is 95.1 Å². The van der Waals surface area contributed by atoms with Crippen molar-refractivity contribution in [2.45, 2.75) is 31.8 Å². The quantitative estimate of drug-likeness (QED) is 0.582. The fourth-order valence-corrected chi connectivity index (χ4v) is 1.48. The molecular formula is C11H21N5O2. The summed E-state index contributed by atoms with van der Waals surface area (Å²) >= 11 is 0. The van der Waals surface area contributed by atoms with Crippen LogP contribution < -0.4 is 11.1 Å². The summed E-state index contributed by atoms with van der Waals surface area (Å²) in [5, 5.41) is 10.1. The first-order chi connectivity index (χ1) is 8.72. The molecule has 1 aromatic rings. The van der Waals surface area contributed by atoms with Crippen molar-refractivity contribution in [3.63, 3.8) is 0 Å². The number of amides is 1. The summed E-state index contributed by atoms with van der Waals surface area (Å²) < 4.78 is 6.98. The summed E-state index contributed by atoms with van der Waals surface area (Å²) in [6.07, 6.45) is 6.11. The van der Waals surface area contributed by atoms with Gasteiger partial charge in [-0.25, -0.2) is 0 Å². The number of aromatic nitrogens is 3. The van der Waals surface area contributed by atoms with E-state index in [0.717, 1.165) is 25.8 Å². The maximum absolute atomic E-state index is 10.9. The van der Waals surface area contributed by atoms with Crippen LogP contribution in [0.25, 0.3) is 0 Å². The van der Waals surface area contributed by atoms with Crippen molar-refractivity contribution < 1.29 is 9.53 Å². The van der Waals surface area contributed by atoms with Crippen molar-refractivity contribution in [3.05, 3.63) is 12.4 Å². The number of hydrogen-bond acceptors (Lipinski definition) is 5. The standard InChI is InChI=1S/C11H21N5O2/c1-13-11(17)9-18-8-4-10(12)3-2-6-16-7-5-14-15-16/h5,7,10H,2-4,6,8-9,12H2,1H3,(H,13,17). The van der Waals surface area contributed by atoms with E-state index in [1.54, 1.807) is 17.9 Å². The molecule has 0 saturated carbocycles. The predicted molar refractivity (Wildman–Crippen MR) is 66.7 cm³/mol. The molecule has 1 rings (SSSR count). The van der Waals surface area contributed by atoms with Crippen molar-refractivity contribution in [2.24, 2.45) is 5.73 Å². The van der Waals surface area contributed by atoms with Gasteiger partial charge in [0, 0.05) is 32.4 Å². The van der Waals surface area contributed by atoms with E-state index in [1.165, 1.54) is 0 Å². The van der Waals surface area contributed by atoms with Gasteiger partial charge < -0.3 is 15.8 Å². The summed E-state index contributed by atoms with van der Waals surface area (Å²) in [6.45, 7) is 1.44. The lowest BCUT2D eigenvalue weighted by atomic mass is 10.1. The van der Waals surface area contributed by atoms with Gasteiger partial charge in [-0.05, 0) is 19.3 Å². The minimum Gasteiger partial charge on any atom is -0.372 e. The van der Waals surface area contributed by atoms with Crippen LogP contribution in [0.15, 0.2) is 12.4 Å². The lowest BCUT2D eigenvalue weighted by molar-refractivity contribution is -0.125. The van der Waals surface area contributed by atoms with Crippen LogP contribution in [0, 0.1) is 0 Å². The Bertz CT molecular complexity index is 328. The molecule has 0 aliphatic carbocycles. The number of likely N-dealkylation sites (N-methyl/N-ethyl adjacent to an activating group) is 1. The first-order valence-electron chi connectivity index (χ1n) is 6.10. The number of nitrogens with two attached hydrogens (primary N) is 1. The fraction of sp³-hybridized carbons (Fsp3) is 0.727. The number of hydrogen-bond donors (Lipinski definition) is 2. The average molecular weight is 255 g/mol. The van der Waals surface area contributed by atoms with E-state index >= 15 is 0 Å². The van der Waals surface area contributed by atoms with Gasteiger partial charge in [0.2, 0.25) is 5.91 Å². The predicted octanol–water partition coefficient (Wildman–Crippen LogP) is -0.462. The largest absolute Gasteiger partial charge is 0.372 e. The number of ether oxygens (including phenoxy) is 1. The van der Waals surface area contributed by atoms with Crippen LogP contribution in [0.5, 0.6) is 0 Å². The van der Waals surface area contributed by atoms with Gasteiger partial charge in [-0.3, -0.25) is 9.48 Å². The maximum atomic E-state index is 10.9. The van der Waals surface area contributed by atoms with Crippen LogP contribution in [0.3, 0.4) is 0 Å². The third-order valence-corrected chi connectivity index (χ3v) is 2.58. The summed E-state index contributed by atoms with van der Waals surface area (Å²) in [7, 11) is 1.58. The van der Waals surface area contributed by atoms with Gasteiger partial charge in [-0.1, -0.05) is 5.21 Å². The molecule has 0 aromatic carbocycles. The van der Waals surface area contributed by atoms with E-state index in [4.69, 9.17) is 10.5 Å². The Morgan fingerprint density at radius 2 is 2.39 bits per heavy atom. The minimum absolute atomic E-state index is 0.0956. The SMILES string of the molecule is CNC(=O)COCCC(N)CCCn1ccnn1. The average Bonchev–Trinajstić information content (AvgIpc) is 2.87. The molecule has 1 unspecified atom stereocenters. The molecule has 7 nitrogen and oxygen atoms in total. The van der Waals surface area contributed by atoms with Gasteiger partial charge in [-0.2, -0.15) is 0 Å². The van der Waals surface area contributed by atoms with E-state index in [9.17, 15) is 4.79 Å². The number of carbonyl (C=O) groups excluding carboxylic acids is 1. The van der Waals surface area contributed by atoms with Crippen LogP contribution >= 0.6 is 0 Å². The van der Waals surface area contributed by atoms with Gasteiger partial charge >= 0.3 is 0 Å². The molecule has 0 saturated heterocycles. The molecule has 1 aromatic heterocycles. The molecule has 0 spiro atoms. The summed E-state index contributed by atoms with van der Waals surface area (Å²) in [5.74, 6) is -0.116. The zero-order chi connectivity index (χ0) is 13.2. The van der Waals surface area contributed by atoms with Crippen molar-refractivity contribution in [1.29, 1.82) is 0 Å².